The second-order valence-corrected chi connectivity index (χ2v) is 5.65. The Balaban J connectivity index is 2.16. The molecule has 2 aromatic rings. The Morgan fingerprint density at radius 1 is 1.22 bits per heavy atom. The van der Waals surface area contributed by atoms with Crippen LogP contribution in [0.1, 0.15) is 18.1 Å². The van der Waals surface area contributed by atoms with Crippen LogP contribution < -0.4 is 5.14 Å². The van der Waals surface area contributed by atoms with Crippen molar-refractivity contribution in [1.29, 1.82) is 0 Å². The van der Waals surface area contributed by atoms with Crippen molar-refractivity contribution in [3.05, 3.63) is 47.8 Å². The molecule has 18 heavy (non-hydrogen) atoms. The molecule has 0 bridgehead atoms. The molecule has 0 atom stereocenters. The van der Waals surface area contributed by atoms with Crippen LogP contribution in [0.5, 0.6) is 0 Å². The van der Waals surface area contributed by atoms with Crippen LogP contribution in [0.15, 0.2) is 41.6 Å². The average Bonchev–Trinajstić information content (AvgIpc) is 2.78. The Morgan fingerprint density at radius 3 is 2.33 bits per heavy atom. The minimum Gasteiger partial charge on any atom is -0.267 e. The van der Waals surface area contributed by atoms with Gasteiger partial charge in [-0.25, -0.2) is 13.6 Å². The molecule has 0 aliphatic heterocycles. The fraction of sp³-hybridized carbons (Fsp3) is 0.250. The summed E-state index contributed by atoms with van der Waals surface area (Å²) in [5, 5.41) is 9.00. The van der Waals surface area contributed by atoms with E-state index in [0.717, 1.165) is 12.0 Å². The van der Waals surface area contributed by atoms with Gasteiger partial charge in [-0.15, -0.1) is 0 Å². The summed E-state index contributed by atoms with van der Waals surface area (Å²) in [7, 11) is -3.67. The molecule has 5 nitrogen and oxygen atoms in total. The van der Waals surface area contributed by atoms with Crippen LogP contribution in [0.4, 0.5) is 0 Å². The number of aryl methyl sites for hydroxylation is 1. The lowest BCUT2D eigenvalue weighted by Crippen LogP contribution is -2.11. The molecule has 0 spiro atoms. The predicted octanol–water partition coefficient (Wildman–Crippen LogP) is 1.14. The maximum atomic E-state index is 11.1. The normalized spacial score (nSPS) is 11.7. The van der Waals surface area contributed by atoms with Crippen LogP contribution in [-0.4, -0.2) is 18.2 Å². The van der Waals surface area contributed by atoms with Gasteiger partial charge in [-0.2, -0.15) is 5.10 Å². The van der Waals surface area contributed by atoms with E-state index in [1.165, 1.54) is 18.0 Å². The first-order chi connectivity index (χ1) is 8.49. The molecule has 0 saturated heterocycles. The smallest absolute Gasteiger partial charge is 0.241 e. The standard InChI is InChI=1S/C12H15N3O2S/c1-2-10-3-5-11(6-4-10)8-15-9-12(7-14-15)18(13,16)17/h3-7,9H,2,8H2,1H3,(H2,13,16,17). The highest BCUT2D eigenvalue weighted by molar-refractivity contribution is 7.89. The zero-order valence-electron chi connectivity index (χ0n) is 10.1. The first-order valence-electron chi connectivity index (χ1n) is 5.62. The highest BCUT2D eigenvalue weighted by Gasteiger charge is 2.10. The number of nitrogens with two attached hydrogens (primary N) is 1. The van der Waals surface area contributed by atoms with Crippen molar-refractivity contribution < 1.29 is 8.42 Å². The van der Waals surface area contributed by atoms with Gasteiger partial charge >= 0.3 is 0 Å². The second kappa shape index (κ2) is 4.91. The van der Waals surface area contributed by atoms with E-state index < -0.39 is 10.0 Å². The highest BCUT2D eigenvalue weighted by Crippen LogP contribution is 2.09. The van der Waals surface area contributed by atoms with E-state index in [9.17, 15) is 8.42 Å². The van der Waals surface area contributed by atoms with E-state index in [1.54, 1.807) is 4.68 Å². The number of sulfonamides is 1. The third-order valence-electron chi connectivity index (χ3n) is 2.71. The van der Waals surface area contributed by atoms with Gasteiger partial charge in [-0.05, 0) is 17.5 Å². The summed E-state index contributed by atoms with van der Waals surface area (Å²) >= 11 is 0. The van der Waals surface area contributed by atoms with Crippen LogP contribution >= 0.6 is 0 Å². The van der Waals surface area contributed by atoms with E-state index in [0.29, 0.717) is 6.54 Å². The number of aromatic nitrogens is 2. The summed E-state index contributed by atoms with van der Waals surface area (Å²) in [5.74, 6) is 0. The zero-order valence-corrected chi connectivity index (χ0v) is 10.9. The Labute approximate surface area is 106 Å². The van der Waals surface area contributed by atoms with Gasteiger partial charge in [0.2, 0.25) is 10.0 Å². The van der Waals surface area contributed by atoms with Gasteiger partial charge in [0.25, 0.3) is 0 Å². The number of benzene rings is 1. The summed E-state index contributed by atoms with van der Waals surface area (Å²) in [6.45, 7) is 2.63. The number of rotatable bonds is 4. The summed E-state index contributed by atoms with van der Waals surface area (Å²) in [6.07, 6.45) is 3.69. The Morgan fingerprint density at radius 2 is 1.83 bits per heavy atom. The molecule has 96 valence electrons. The van der Waals surface area contributed by atoms with Crippen LogP contribution in [0, 0.1) is 0 Å². The minimum absolute atomic E-state index is 0.0349. The molecule has 0 fully saturated rings. The van der Waals surface area contributed by atoms with Gasteiger partial charge in [-0.3, -0.25) is 4.68 Å². The highest BCUT2D eigenvalue weighted by atomic mass is 32.2. The summed E-state index contributed by atoms with van der Waals surface area (Å²) < 4.78 is 23.8. The van der Waals surface area contributed by atoms with Crippen molar-refractivity contribution >= 4 is 10.0 Å². The predicted molar refractivity (Wildman–Crippen MR) is 68.5 cm³/mol. The van der Waals surface area contributed by atoms with Gasteiger partial charge < -0.3 is 0 Å². The molecule has 0 aliphatic rings. The van der Waals surface area contributed by atoms with Crippen LogP contribution in [0.25, 0.3) is 0 Å². The number of primary sulfonamides is 1. The van der Waals surface area contributed by atoms with Crippen molar-refractivity contribution in [2.24, 2.45) is 5.14 Å². The van der Waals surface area contributed by atoms with Crippen LogP contribution in [-0.2, 0) is 23.0 Å². The molecule has 0 aliphatic carbocycles. The molecule has 1 aromatic heterocycles. The minimum atomic E-state index is -3.67. The largest absolute Gasteiger partial charge is 0.267 e. The Hall–Kier alpha value is -1.66. The zero-order chi connectivity index (χ0) is 13.2. The average molecular weight is 265 g/mol. The van der Waals surface area contributed by atoms with Crippen molar-refractivity contribution in [1.82, 2.24) is 9.78 Å². The molecule has 2 N–H and O–H groups in total. The maximum absolute atomic E-state index is 11.1. The lowest BCUT2D eigenvalue weighted by atomic mass is 10.1. The molecule has 2 rings (SSSR count). The van der Waals surface area contributed by atoms with Gasteiger partial charge in [0.1, 0.15) is 4.90 Å². The molecule has 1 aromatic carbocycles. The third kappa shape index (κ3) is 2.96. The second-order valence-electron chi connectivity index (χ2n) is 4.09. The van der Waals surface area contributed by atoms with Gasteiger partial charge in [-0.1, -0.05) is 31.2 Å². The molecular formula is C12H15N3O2S. The van der Waals surface area contributed by atoms with E-state index >= 15 is 0 Å². The molecule has 0 amide bonds. The quantitative estimate of drug-likeness (QED) is 0.900. The van der Waals surface area contributed by atoms with E-state index in [2.05, 4.69) is 24.2 Å². The monoisotopic (exact) mass is 265 g/mol. The van der Waals surface area contributed by atoms with Crippen molar-refractivity contribution in [3.63, 3.8) is 0 Å². The van der Waals surface area contributed by atoms with Gasteiger partial charge in [0, 0.05) is 6.20 Å². The van der Waals surface area contributed by atoms with Crippen LogP contribution in [0.3, 0.4) is 0 Å². The number of hydrogen-bond acceptors (Lipinski definition) is 3. The third-order valence-corrected chi connectivity index (χ3v) is 3.58. The lowest BCUT2D eigenvalue weighted by molar-refractivity contribution is 0.597. The van der Waals surface area contributed by atoms with Crippen molar-refractivity contribution in [3.8, 4) is 0 Å². The van der Waals surface area contributed by atoms with E-state index in [1.807, 2.05) is 12.1 Å². The summed E-state index contributed by atoms with van der Waals surface area (Å²) in [4.78, 5) is 0.0349. The topological polar surface area (TPSA) is 78.0 Å². The van der Waals surface area contributed by atoms with Gasteiger partial charge in [0.05, 0.1) is 12.7 Å². The van der Waals surface area contributed by atoms with Crippen molar-refractivity contribution in [2.45, 2.75) is 24.8 Å². The fourth-order valence-electron chi connectivity index (χ4n) is 1.65. The molecule has 0 unspecified atom stereocenters. The first kappa shape index (κ1) is 12.8. The first-order valence-corrected chi connectivity index (χ1v) is 7.17. The summed E-state index contributed by atoms with van der Waals surface area (Å²) in [6, 6.07) is 8.13. The van der Waals surface area contributed by atoms with Crippen LogP contribution in [0.2, 0.25) is 0 Å². The Kier molecular flexibility index (Phi) is 3.49. The van der Waals surface area contributed by atoms with E-state index in [-0.39, 0.29) is 4.90 Å². The lowest BCUT2D eigenvalue weighted by Gasteiger charge is -2.03. The molecular weight excluding hydrogens is 250 g/mol. The maximum Gasteiger partial charge on any atom is 0.241 e. The molecule has 1 heterocycles. The molecule has 0 radical (unpaired) electrons. The summed E-state index contributed by atoms with van der Waals surface area (Å²) in [5.41, 5.74) is 2.33. The SMILES string of the molecule is CCc1ccc(Cn2cc(S(N)(=O)=O)cn2)cc1. The molecule has 0 saturated carbocycles. The van der Waals surface area contributed by atoms with Crippen molar-refractivity contribution in [2.75, 3.05) is 0 Å². The van der Waals surface area contributed by atoms with E-state index in [4.69, 9.17) is 5.14 Å². The Bertz CT molecular complexity index is 630. The molecule has 6 heteroatoms. The number of hydrogen-bond donors (Lipinski definition) is 1. The van der Waals surface area contributed by atoms with Gasteiger partial charge in [0.15, 0.2) is 0 Å². The number of nitrogens with zero attached hydrogens (tertiary/aromatic N) is 2. The fourth-order valence-corrected chi connectivity index (χ4v) is 2.11.